The minimum absolute atomic E-state index is 0.0217. The predicted molar refractivity (Wildman–Crippen MR) is 152 cm³/mol. The van der Waals surface area contributed by atoms with Gasteiger partial charge in [-0.1, -0.05) is 12.1 Å². The molecule has 2 heterocycles. The molecule has 1 aliphatic heterocycles. The lowest BCUT2D eigenvalue weighted by Crippen LogP contribution is -2.48. The number of carbonyl (C=O) groups is 2. The second kappa shape index (κ2) is 11.1. The zero-order chi connectivity index (χ0) is 28.5. The van der Waals surface area contributed by atoms with Crippen LogP contribution in [0.25, 0.3) is 16.6 Å². The van der Waals surface area contributed by atoms with Gasteiger partial charge in [0.05, 0.1) is 22.7 Å². The number of ketones is 1. The number of hydrogen-bond donors (Lipinski definition) is 0. The molecule has 1 saturated heterocycles. The van der Waals surface area contributed by atoms with Crippen molar-refractivity contribution in [2.45, 2.75) is 72.1 Å². The first-order chi connectivity index (χ1) is 18.4. The number of hydrogen-bond acceptors (Lipinski definition) is 7. The van der Waals surface area contributed by atoms with Gasteiger partial charge in [-0.05, 0) is 84.7 Å². The van der Waals surface area contributed by atoms with E-state index in [4.69, 9.17) is 14.5 Å². The van der Waals surface area contributed by atoms with Crippen LogP contribution in [0.1, 0.15) is 64.7 Å². The Morgan fingerprint density at radius 2 is 1.74 bits per heavy atom. The van der Waals surface area contributed by atoms with E-state index >= 15 is 0 Å². The van der Waals surface area contributed by atoms with E-state index in [1.165, 1.54) is 6.92 Å². The van der Waals surface area contributed by atoms with Crippen LogP contribution in [0.3, 0.4) is 0 Å². The molecule has 0 aliphatic carbocycles. The van der Waals surface area contributed by atoms with E-state index in [1.807, 2.05) is 64.8 Å². The van der Waals surface area contributed by atoms with Crippen molar-refractivity contribution in [1.82, 2.24) is 14.5 Å². The molecule has 208 valence electrons. The maximum atomic E-state index is 14.0. The Morgan fingerprint density at radius 1 is 1.08 bits per heavy atom. The van der Waals surface area contributed by atoms with Crippen molar-refractivity contribution >= 4 is 28.7 Å². The van der Waals surface area contributed by atoms with Crippen molar-refractivity contribution in [2.75, 3.05) is 25.0 Å². The summed E-state index contributed by atoms with van der Waals surface area (Å²) in [6.07, 6.45) is 0.901. The lowest BCUT2D eigenvalue weighted by atomic mass is 10.0. The maximum absolute atomic E-state index is 14.0. The summed E-state index contributed by atoms with van der Waals surface area (Å²) >= 11 is 0. The Balaban J connectivity index is 1.78. The zero-order valence-electron chi connectivity index (χ0n) is 23.9. The minimum Gasteiger partial charge on any atom is -0.489 e. The quantitative estimate of drug-likeness (QED) is 0.401. The number of fused-ring (bicyclic) bond motifs is 1. The fraction of sp³-hybridized carbons (Fsp3) is 0.467. The number of piperidine rings is 1. The third-order valence-corrected chi connectivity index (χ3v) is 6.71. The average Bonchev–Trinajstić information content (AvgIpc) is 2.87. The van der Waals surface area contributed by atoms with Gasteiger partial charge in [-0.3, -0.25) is 9.59 Å². The molecule has 1 aromatic heterocycles. The van der Waals surface area contributed by atoms with Crippen molar-refractivity contribution < 1.29 is 19.1 Å². The Bertz CT molecular complexity index is 1430. The first-order valence-corrected chi connectivity index (χ1v) is 13.4. The third-order valence-electron chi connectivity index (χ3n) is 6.71. The number of ether oxygens (including phenoxy) is 2. The summed E-state index contributed by atoms with van der Waals surface area (Å²) in [5.41, 5.74) is 0.719. The average molecular weight is 535 g/mol. The van der Waals surface area contributed by atoms with Crippen LogP contribution in [0.15, 0.2) is 47.3 Å². The van der Waals surface area contributed by atoms with E-state index < -0.39 is 5.60 Å². The Kier molecular flexibility index (Phi) is 7.99. The van der Waals surface area contributed by atoms with Gasteiger partial charge in [0.2, 0.25) is 5.95 Å². The van der Waals surface area contributed by atoms with Crippen LogP contribution >= 0.6 is 0 Å². The molecular weight excluding hydrogens is 496 g/mol. The van der Waals surface area contributed by atoms with Crippen LogP contribution in [0, 0.1) is 0 Å². The highest BCUT2D eigenvalue weighted by atomic mass is 16.6. The topological polar surface area (TPSA) is 94.0 Å². The zero-order valence-corrected chi connectivity index (χ0v) is 23.9. The fourth-order valence-electron chi connectivity index (χ4n) is 4.76. The Labute approximate surface area is 229 Å². The molecule has 0 unspecified atom stereocenters. The summed E-state index contributed by atoms with van der Waals surface area (Å²) in [7, 11) is 1.92. The molecule has 1 aliphatic rings. The van der Waals surface area contributed by atoms with Gasteiger partial charge >= 0.3 is 6.09 Å². The molecule has 39 heavy (non-hydrogen) atoms. The number of Topliss-reactive ketones (excluding diaryl/α,β-unsaturated/α-hetero) is 1. The maximum Gasteiger partial charge on any atom is 0.410 e. The number of amides is 1. The van der Waals surface area contributed by atoms with Gasteiger partial charge in [0.1, 0.15) is 11.4 Å². The molecule has 3 aromatic rings. The summed E-state index contributed by atoms with van der Waals surface area (Å²) in [5.74, 6) is 0.825. The standard InChI is InChI=1S/C30H38N4O5/c1-19(2)38-26-13-12-21(20(3)35)18-25(26)34-27(36)23-10-8-9-11-24(23)31-28(34)32(7)22-14-16-33(17-15-22)29(37)39-30(4,5)6/h8-13,18-19,22H,14-17H2,1-7H3. The van der Waals surface area contributed by atoms with Crippen molar-refractivity contribution in [2.24, 2.45) is 0 Å². The van der Waals surface area contributed by atoms with Gasteiger partial charge in [-0.25, -0.2) is 14.3 Å². The highest BCUT2D eigenvalue weighted by molar-refractivity contribution is 5.95. The van der Waals surface area contributed by atoms with Gasteiger partial charge in [0, 0.05) is 31.7 Å². The summed E-state index contributed by atoms with van der Waals surface area (Å²) in [6, 6.07) is 12.4. The van der Waals surface area contributed by atoms with E-state index in [-0.39, 0.29) is 29.6 Å². The summed E-state index contributed by atoms with van der Waals surface area (Å²) in [6.45, 7) is 11.9. The fourth-order valence-corrected chi connectivity index (χ4v) is 4.76. The number of likely N-dealkylation sites (tertiary alicyclic amines) is 1. The highest BCUT2D eigenvalue weighted by Gasteiger charge is 2.31. The molecule has 0 atom stereocenters. The number of nitrogens with zero attached hydrogens (tertiary/aromatic N) is 4. The van der Waals surface area contributed by atoms with Crippen LogP contribution in [-0.4, -0.2) is 64.2 Å². The molecule has 0 bridgehead atoms. The molecule has 1 amide bonds. The van der Waals surface area contributed by atoms with Gasteiger partial charge in [0.15, 0.2) is 5.78 Å². The SMILES string of the molecule is CC(=O)c1ccc(OC(C)C)c(-n2c(N(C)C3CCN(C(=O)OC(C)(C)C)CC3)nc3ccccc3c2=O)c1. The van der Waals surface area contributed by atoms with Gasteiger partial charge in [-0.15, -0.1) is 0 Å². The minimum atomic E-state index is -0.556. The van der Waals surface area contributed by atoms with Gasteiger partial charge in [0.25, 0.3) is 5.56 Å². The van der Waals surface area contributed by atoms with Gasteiger partial charge in [-0.2, -0.15) is 0 Å². The molecule has 0 spiro atoms. The molecule has 1 fully saturated rings. The normalized spacial score (nSPS) is 14.5. The van der Waals surface area contributed by atoms with E-state index in [0.29, 0.717) is 59.8 Å². The molecule has 0 radical (unpaired) electrons. The van der Waals surface area contributed by atoms with E-state index in [1.54, 1.807) is 33.7 Å². The first kappa shape index (κ1) is 28.1. The number of benzene rings is 2. The lowest BCUT2D eigenvalue weighted by Gasteiger charge is -2.38. The van der Waals surface area contributed by atoms with E-state index in [2.05, 4.69) is 0 Å². The summed E-state index contributed by atoms with van der Waals surface area (Å²) in [5, 5.41) is 0.470. The predicted octanol–water partition coefficient (Wildman–Crippen LogP) is 5.21. The highest BCUT2D eigenvalue weighted by Crippen LogP contribution is 2.31. The van der Waals surface area contributed by atoms with E-state index in [9.17, 15) is 14.4 Å². The third kappa shape index (κ3) is 6.24. The number of rotatable bonds is 6. The number of aromatic nitrogens is 2. The van der Waals surface area contributed by atoms with Crippen molar-refractivity contribution in [1.29, 1.82) is 0 Å². The lowest BCUT2D eigenvalue weighted by molar-refractivity contribution is 0.0205. The monoisotopic (exact) mass is 534 g/mol. The smallest absolute Gasteiger partial charge is 0.410 e. The van der Waals surface area contributed by atoms with Gasteiger partial charge < -0.3 is 19.3 Å². The Morgan fingerprint density at radius 3 is 2.36 bits per heavy atom. The van der Waals surface area contributed by atoms with E-state index in [0.717, 1.165) is 0 Å². The second-order valence-electron chi connectivity index (χ2n) is 11.3. The molecule has 9 nitrogen and oxygen atoms in total. The molecule has 9 heteroatoms. The molecule has 2 aromatic carbocycles. The van der Waals surface area contributed by atoms with Crippen LogP contribution in [0.2, 0.25) is 0 Å². The van der Waals surface area contributed by atoms with Crippen LogP contribution < -0.4 is 15.2 Å². The van der Waals surface area contributed by atoms with Crippen LogP contribution in [0.5, 0.6) is 5.75 Å². The van der Waals surface area contributed by atoms with Crippen LogP contribution in [0.4, 0.5) is 10.7 Å². The molecule has 0 N–H and O–H groups in total. The summed E-state index contributed by atoms with van der Waals surface area (Å²) in [4.78, 5) is 47.6. The van der Waals surface area contributed by atoms with Crippen molar-refractivity contribution in [3.63, 3.8) is 0 Å². The summed E-state index contributed by atoms with van der Waals surface area (Å²) < 4.78 is 13.2. The number of carbonyl (C=O) groups excluding carboxylic acids is 2. The largest absolute Gasteiger partial charge is 0.489 e. The van der Waals surface area contributed by atoms with Crippen molar-refractivity contribution in [3.8, 4) is 11.4 Å². The molecular formula is C30H38N4O5. The van der Waals surface area contributed by atoms with Crippen LogP contribution in [-0.2, 0) is 4.74 Å². The Hall–Kier alpha value is -3.88. The number of anilines is 1. The number of para-hydroxylation sites is 1. The second-order valence-corrected chi connectivity index (χ2v) is 11.3. The first-order valence-electron chi connectivity index (χ1n) is 13.4. The molecule has 4 rings (SSSR count). The van der Waals surface area contributed by atoms with Crippen molar-refractivity contribution in [3.05, 3.63) is 58.4 Å². The molecule has 0 saturated carbocycles.